The zero-order valence-corrected chi connectivity index (χ0v) is 29.0. The van der Waals surface area contributed by atoms with E-state index >= 15 is 0 Å². The zero-order valence-electron chi connectivity index (χ0n) is 29.0. The largest absolute Gasteiger partial charge is 0.455 e. The average molecular weight is 679 g/mol. The molecule has 0 saturated heterocycles. The van der Waals surface area contributed by atoms with Crippen molar-refractivity contribution in [1.29, 1.82) is 0 Å². The number of benzene rings is 8. The molecule has 0 atom stereocenters. The fourth-order valence-electron chi connectivity index (χ4n) is 8.70. The van der Waals surface area contributed by atoms with Crippen LogP contribution in [0.5, 0.6) is 0 Å². The first-order valence-electron chi connectivity index (χ1n) is 18.4. The topological polar surface area (TPSA) is 19.6 Å². The second-order valence-corrected chi connectivity index (χ2v) is 14.0. The third kappa shape index (κ3) is 4.67. The summed E-state index contributed by atoms with van der Waals surface area (Å²) < 4.78 is 6.58. The zero-order chi connectivity index (χ0) is 34.9. The molecule has 0 spiro atoms. The Labute approximate surface area is 308 Å². The van der Waals surface area contributed by atoms with Crippen LogP contribution in [0, 0.1) is 0 Å². The molecule has 0 unspecified atom stereocenters. The lowest BCUT2D eigenvalue weighted by Gasteiger charge is -2.40. The molecular weight excluding hydrogens is 645 g/mol. The van der Waals surface area contributed by atoms with E-state index in [9.17, 15) is 0 Å². The van der Waals surface area contributed by atoms with Crippen molar-refractivity contribution < 1.29 is 4.42 Å². The van der Waals surface area contributed by atoms with Crippen molar-refractivity contribution in [3.63, 3.8) is 0 Å². The van der Waals surface area contributed by atoms with Gasteiger partial charge < -0.3 is 14.2 Å². The molecule has 1 aromatic heterocycles. The first-order valence-corrected chi connectivity index (χ1v) is 18.4. The van der Waals surface area contributed by atoms with E-state index in [1.807, 2.05) is 6.07 Å². The standard InChI is InChI=1S/C50H34N2O/c1-3-14-34(15-4-1)51-28-29-52(35-16-5-2-6-17-35)48-32-46-44-30-33(36-23-13-24-43-42-22-11-12-25-49(42)53-50(36)43)26-27-41(44)39-20-8-7-18-37(39)38-19-9-10-21-40(38)45(46)31-47(48)51/h1-27,30-32H,28-29H2. The van der Waals surface area contributed by atoms with Crippen molar-refractivity contribution in [3.05, 3.63) is 182 Å². The quantitative estimate of drug-likeness (QED) is 0.185. The van der Waals surface area contributed by atoms with Crippen LogP contribution in [0.15, 0.2) is 186 Å². The van der Waals surface area contributed by atoms with Gasteiger partial charge in [-0.05, 0) is 98.6 Å². The average Bonchev–Trinajstić information content (AvgIpc) is 3.62. The van der Waals surface area contributed by atoms with Crippen molar-refractivity contribution in [1.82, 2.24) is 0 Å². The van der Waals surface area contributed by atoms with E-state index in [0.717, 1.165) is 46.2 Å². The second kappa shape index (κ2) is 11.9. The predicted octanol–water partition coefficient (Wildman–Crippen LogP) is 13.5. The highest BCUT2D eigenvalue weighted by molar-refractivity contribution is 6.11. The summed E-state index contributed by atoms with van der Waals surface area (Å²) in [5.41, 5.74) is 18.7. The van der Waals surface area contributed by atoms with Crippen molar-refractivity contribution in [3.8, 4) is 55.6 Å². The summed E-state index contributed by atoms with van der Waals surface area (Å²) in [6.45, 7) is 1.74. The SMILES string of the molecule is c1ccc(N2CCN(c3ccccc3)c3cc4c(cc32)-c2ccccc2-c2ccccc2-c2ccc(-c3cccc5c3oc3ccccc35)cc2-4)cc1. The maximum Gasteiger partial charge on any atom is 0.143 e. The Balaban J connectivity index is 1.23. The summed E-state index contributed by atoms with van der Waals surface area (Å²) in [6.07, 6.45) is 0. The Morgan fingerprint density at radius 2 is 0.792 bits per heavy atom. The molecule has 1 aliphatic carbocycles. The third-order valence-corrected chi connectivity index (χ3v) is 11.1. The van der Waals surface area contributed by atoms with Crippen LogP contribution >= 0.6 is 0 Å². The van der Waals surface area contributed by atoms with E-state index in [2.05, 4.69) is 186 Å². The number of fused-ring (bicyclic) bond motifs is 12. The fourth-order valence-corrected chi connectivity index (χ4v) is 8.70. The summed E-state index contributed by atoms with van der Waals surface area (Å²) in [6, 6.07) is 66.2. The summed E-state index contributed by atoms with van der Waals surface area (Å²) in [5.74, 6) is 0. The van der Waals surface area contributed by atoms with Crippen LogP contribution in [-0.4, -0.2) is 13.1 Å². The van der Waals surface area contributed by atoms with E-state index < -0.39 is 0 Å². The molecule has 9 aromatic rings. The van der Waals surface area contributed by atoms with Gasteiger partial charge in [0.05, 0.1) is 11.4 Å². The van der Waals surface area contributed by atoms with E-state index in [1.165, 1.54) is 67.3 Å². The highest BCUT2D eigenvalue weighted by Crippen LogP contribution is 2.53. The minimum Gasteiger partial charge on any atom is -0.455 e. The molecule has 0 amide bonds. The van der Waals surface area contributed by atoms with Gasteiger partial charge in [-0.3, -0.25) is 0 Å². The maximum absolute atomic E-state index is 6.58. The molecule has 1 aliphatic heterocycles. The Morgan fingerprint density at radius 1 is 0.340 bits per heavy atom. The maximum atomic E-state index is 6.58. The molecule has 11 rings (SSSR count). The highest BCUT2D eigenvalue weighted by Gasteiger charge is 2.30. The van der Waals surface area contributed by atoms with Crippen LogP contribution in [0.25, 0.3) is 77.6 Å². The van der Waals surface area contributed by atoms with Gasteiger partial charge in [0.2, 0.25) is 0 Å². The molecule has 2 aliphatic rings. The lowest BCUT2D eigenvalue weighted by molar-refractivity contribution is 0.670. The van der Waals surface area contributed by atoms with Crippen LogP contribution in [-0.2, 0) is 0 Å². The lowest BCUT2D eigenvalue weighted by Crippen LogP contribution is -2.36. The van der Waals surface area contributed by atoms with Gasteiger partial charge in [0.15, 0.2) is 0 Å². The molecule has 3 heteroatoms. The Hall–Kier alpha value is -6.84. The van der Waals surface area contributed by atoms with E-state index in [4.69, 9.17) is 4.42 Å². The Kier molecular flexibility index (Phi) is 6.68. The molecule has 53 heavy (non-hydrogen) atoms. The number of anilines is 4. The smallest absolute Gasteiger partial charge is 0.143 e. The van der Waals surface area contributed by atoms with Crippen molar-refractivity contribution in [2.75, 3.05) is 22.9 Å². The molecule has 8 aromatic carbocycles. The molecular formula is C50H34N2O. The van der Waals surface area contributed by atoms with Crippen LogP contribution in [0.2, 0.25) is 0 Å². The lowest BCUT2D eigenvalue weighted by atomic mass is 9.79. The van der Waals surface area contributed by atoms with E-state index in [0.29, 0.717) is 0 Å². The monoisotopic (exact) mass is 678 g/mol. The number of para-hydroxylation sites is 4. The number of furan rings is 1. The number of nitrogens with zero attached hydrogens (tertiary/aromatic N) is 2. The Morgan fingerprint density at radius 3 is 1.42 bits per heavy atom. The molecule has 0 N–H and O–H groups in total. The molecule has 0 bridgehead atoms. The normalized spacial score (nSPS) is 13.1. The minimum atomic E-state index is 0.866. The van der Waals surface area contributed by atoms with Crippen LogP contribution in [0.4, 0.5) is 22.7 Å². The second-order valence-electron chi connectivity index (χ2n) is 14.0. The van der Waals surface area contributed by atoms with Gasteiger partial charge in [-0.2, -0.15) is 0 Å². The third-order valence-electron chi connectivity index (χ3n) is 11.1. The Bertz CT molecular complexity index is 2850. The summed E-state index contributed by atoms with van der Waals surface area (Å²) in [4.78, 5) is 4.98. The van der Waals surface area contributed by atoms with E-state index in [-0.39, 0.29) is 0 Å². The van der Waals surface area contributed by atoms with Gasteiger partial charge in [-0.25, -0.2) is 0 Å². The van der Waals surface area contributed by atoms with Crippen molar-refractivity contribution in [2.45, 2.75) is 0 Å². The molecule has 2 heterocycles. The minimum absolute atomic E-state index is 0.866. The summed E-state index contributed by atoms with van der Waals surface area (Å²) >= 11 is 0. The van der Waals surface area contributed by atoms with Crippen LogP contribution < -0.4 is 9.80 Å². The summed E-state index contributed by atoms with van der Waals surface area (Å²) in [7, 11) is 0. The fraction of sp³-hybridized carbons (Fsp3) is 0.0400. The van der Waals surface area contributed by atoms with Gasteiger partial charge >= 0.3 is 0 Å². The van der Waals surface area contributed by atoms with Crippen LogP contribution in [0.1, 0.15) is 0 Å². The molecule has 0 fully saturated rings. The van der Waals surface area contributed by atoms with Crippen LogP contribution in [0.3, 0.4) is 0 Å². The summed E-state index contributed by atoms with van der Waals surface area (Å²) in [5, 5.41) is 2.28. The van der Waals surface area contributed by atoms with Crippen molar-refractivity contribution >= 4 is 44.7 Å². The number of hydrogen-bond acceptors (Lipinski definition) is 3. The highest BCUT2D eigenvalue weighted by atomic mass is 16.3. The molecule has 3 nitrogen and oxygen atoms in total. The van der Waals surface area contributed by atoms with Gasteiger partial charge in [-0.1, -0.05) is 133 Å². The number of rotatable bonds is 3. The van der Waals surface area contributed by atoms with Gasteiger partial charge in [0.25, 0.3) is 0 Å². The number of hydrogen-bond donors (Lipinski definition) is 0. The predicted molar refractivity (Wildman–Crippen MR) is 221 cm³/mol. The first-order chi connectivity index (χ1) is 26.3. The van der Waals surface area contributed by atoms with Gasteiger partial charge in [0, 0.05) is 40.8 Å². The molecule has 0 radical (unpaired) electrons. The van der Waals surface area contributed by atoms with Gasteiger partial charge in [-0.15, -0.1) is 0 Å². The van der Waals surface area contributed by atoms with E-state index in [1.54, 1.807) is 0 Å². The van der Waals surface area contributed by atoms with Crippen molar-refractivity contribution in [2.24, 2.45) is 0 Å². The first kappa shape index (κ1) is 29.8. The molecule has 250 valence electrons. The van der Waals surface area contributed by atoms with Gasteiger partial charge in [0.1, 0.15) is 11.2 Å². The molecule has 0 saturated carbocycles.